The van der Waals surface area contributed by atoms with Crippen molar-refractivity contribution in [2.75, 3.05) is 0 Å². The number of fused-ring (bicyclic) bond motifs is 8. The molecule has 8 heteroatoms. The molecule has 6 aromatic carbocycles. The molecular weight excluding hydrogens is 945 g/mol. The van der Waals surface area contributed by atoms with E-state index in [9.17, 15) is 0 Å². The van der Waals surface area contributed by atoms with E-state index in [1.807, 2.05) is 55.5 Å². The summed E-state index contributed by atoms with van der Waals surface area (Å²) in [7, 11) is -1.46. The summed E-state index contributed by atoms with van der Waals surface area (Å²) in [4.78, 5) is 14.4. The molecule has 0 saturated heterocycles. The number of rotatable bonds is 6. The van der Waals surface area contributed by atoms with Gasteiger partial charge in [-0.3, -0.25) is 4.98 Å². The normalized spacial score (nSPS) is 11.9. The van der Waals surface area contributed by atoms with Crippen molar-refractivity contribution >= 4 is 79.1 Å². The van der Waals surface area contributed by atoms with Gasteiger partial charge in [0.2, 0.25) is 5.71 Å². The molecule has 0 unspecified atom stereocenters. The van der Waals surface area contributed by atoms with Crippen LogP contribution in [0.15, 0.2) is 148 Å². The van der Waals surface area contributed by atoms with Crippen molar-refractivity contribution < 1.29 is 28.9 Å². The van der Waals surface area contributed by atoms with Crippen molar-refractivity contribution in [1.29, 1.82) is 0 Å². The first-order valence-corrected chi connectivity index (χ1v) is 24.1. The topological polar surface area (TPSA) is 69.9 Å². The van der Waals surface area contributed by atoms with Crippen LogP contribution in [0.25, 0.3) is 94.1 Å². The van der Waals surface area contributed by atoms with Gasteiger partial charge < -0.3 is 18.4 Å². The maximum absolute atomic E-state index is 6.31. The summed E-state index contributed by atoms with van der Waals surface area (Å²) in [6.07, 6.45) is 3.16. The second-order valence-corrected chi connectivity index (χ2v) is 22.1. The minimum absolute atomic E-state index is 0. The molecule has 303 valence electrons. The second kappa shape index (κ2) is 16.0. The molecule has 0 amide bonds. The summed E-state index contributed by atoms with van der Waals surface area (Å²) in [6, 6.07) is 52.5. The number of hydrogen-bond donors (Lipinski definition) is 0. The van der Waals surface area contributed by atoms with Crippen molar-refractivity contribution in [1.82, 2.24) is 19.5 Å². The van der Waals surface area contributed by atoms with Crippen LogP contribution < -0.4 is 5.19 Å². The summed E-state index contributed by atoms with van der Waals surface area (Å²) in [6.45, 7) is 13.7. The van der Waals surface area contributed by atoms with Crippen LogP contribution in [0.3, 0.4) is 0 Å². The Labute approximate surface area is 369 Å². The van der Waals surface area contributed by atoms with Crippen LogP contribution in [0.2, 0.25) is 19.6 Å². The Kier molecular flexibility index (Phi) is 10.6. The zero-order valence-corrected chi connectivity index (χ0v) is 38.4. The minimum atomic E-state index is -1.46. The van der Waals surface area contributed by atoms with Gasteiger partial charge in [0.15, 0.2) is 0 Å². The first kappa shape index (κ1) is 40.2. The predicted molar refractivity (Wildman–Crippen MR) is 250 cm³/mol. The summed E-state index contributed by atoms with van der Waals surface area (Å²) in [5.74, 6) is 1.43. The van der Waals surface area contributed by atoms with Crippen LogP contribution in [0.1, 0.15) is 25.1 Å². The van der Waals surface area contributed by atoms with Crippen molar-refractivity contribution in [3.05, 3.63) is 163 Å². The Balaban J connectivity index is 0.000000155. The zero-order valence-electron chi connectivity index (χ0n) is 35.0. The van der Waals surface area contributed by atoms with E-state index in [2.05, 4.69) is 146 Å². The molecule has 0 saturated carbocycles. The third-order valence-corrected chi connectivity index (χ3v) is 13.3. The summed E-state index contributed by atoms with van der Waals surface area (Å²) in [5.41, 5.74) is 11.3. The number of aryl methyl sites for hydroxylation is 1. The number of imidazole rings is 1. The SMILES string of the molecule is Cc1ccc2c(n1)oc1c(-c3cc(CC(C)C)c([Si](C)(C)C)cn3)[c-]ccc12.[Ir].[c-]1ccc2c(oc3ccccc32)c1-c1nc2ccccc2n1-c1ccc2ccccc2c1. The van der Waals surface area contributed by atoms with Gasteiger partial charge in [0.1, 0.15) is 5.58 Å². The first-order chi connectivity index (χ1) is 29.1. The molecular formula is C53H44IrN4O2Si-2. The second-order valence-electron chi connectivity index (χ2n) is 17.1. The molecule has 11 rings (SSSR count). The fourth-order valence-corrected chi connectivity index (χ4v) is 10.0. The van der Waals surface area contributed by atoms with Gasteiger partial charge in [-0.25, -0.2) is 4.98 Å². The Hall–Kier alpha value is -6.18. The summed E-state index contributed by atoms with van der Waals surface area (Å²) in [5, 5.41) is 8.14. The molecule has 1 radical (unpaired) electrons. The molecule has 0 aliphatic carbocycles. The summed E-state index contributed by atoms with van der Waals surface area (Å²) >= 11 is 0. The maximum Gasteiger partial charge on any atom is 0.216 e. The monoisotopic (exact) mass is 989 g/mol. The van der Waals surface area contributed by atoms with Gasteiger partial charge >= 0.3 is 0 Å². The molecule has 5 heterocycles. The van der Waals surface area contributed by atoms with E-state index in [0.717, 1.165) is 89.8 Å². The molecule has 0 aliphatic rings. The van der Waals surface area contributed by atoms with Crippen LogP contribution in [0, 0.1) is 25.0 Å². The molecule has 61 heavy (non-hydrogen) atoms. The zero-order chi connectivity index (χ0) is 41.1. The molecule has 0 aliphatic heterocycles. The fourth-order valence-electron chi connectivity index (χ4n) is 8.45. The fraction of sp³-hybridized carbons (Fsp3) is 0.151. The number of furan rings is 2. The van der Waals surface area contributed by atoms with E-state index in [0.29, 0.717) is 11.6 Å². The van der Waals surface area contributed by atoms with Crippen molar-refractivity contribution in [2.24, 2.45) is 5.92 Å². The van der Waals surface area contributed by atoms with Crippen LogP contribution in [-0.2, 0) is 26.5 Å². The van der Waals surface area contributed by atoms with E-state index in [1.165, 1.54) is 21.5 Å². The number of pyridine rings is 2. The Morgan fingerprint density at radius 2 is 1.38 bits per heavy atom. The molecule has 0 spiro atoms. The number of hydrogen-bond acceptors (Lipinski definition) is 5. The number of benzene rings is 6. The standard InChI is InChI=1S/C29H17N2O.C24H27N2OSi.Ir/c1-2-9-20-18-21(17-16-19(20)8-1)31-26-14-5-4-13-25(26)30-29(31)24-12-7-11-23-22-10-3-6-15-27(22)32-28(23)24;1-15(2)12-17-13-21(25-14-22(17)28(4,5)6)20-9-7-8-18-19-11-10-16(3)26-24(19)27-23(18)20;/h1-11,13-18H;7-8,10-11,13-15H,12H2,1-6H3;/q2*-1;. The molecule has 0 N–H and O–H groups in total. The molecule has 6 nitrogen and oxygen atoms in total. The average Bonchev–Trinajstić information content (AvgIpc) is 3.94. The van der Waals surface area contributed by atoms with Gasteiger partial charge in [0.05, 0.1) is 36.1 Å². The Bertz CT molecular complexity index is 3410. The Morgan fingerprint density at radius 1 is 0.672 bits per heavy atom. The molecule has 0 bridgehead atoms. The van der Waals surface area contributed by atoms with Gasteiger partial charge in [-0.05, 0) is 83.4 Å². The van der Waals surface area contributed by atoms with Crippen LogP contribution in [-0.4, -0.2) is 27.6 Å². The van der Waals surface area contributed by atoms with Crippen molar-refractivity contribution in [3.63, 3.8) is 0 Å². The quantitative estimate of drug-likeness (QED) is 0.123. The van der Waals surface area contributed by atoms with E-state index < -0.39 is 8.07 Å². The third kappa shape index (κ3) is 7.39. The number of aromatic nitrogens is 4. The van der Waals surface area contributed by atoms with E-state index >= 15 is 0 Å². The van der Waals surface area contributed by atoms with Crippen LogP contribution in [0.5, 0.6) is 0 Å². The number of nitrogens with zero attached hydrogens (tertiary/aromatic N) is 4. The smallest absolute Gasteiger partial charge is 0.216 e. The van der Waals surface area contributed by atoms with E-state index in [-0.39, 0.29) is 20.1 Å². The first-order valence-electron chi connectivity index (χ1n) is 20.6. The van der Waals surface area contributed by atoms with Gasteiger partial charge in [0.25, 0.3) is 0 Å². The molecule has 0 atom stereocenters. The number of para-hydroxylation sites is 3. The van der Waals surface area contributed by atoms with E-state index in [1.54, 1.807) is 0 Å². The average molecular weight is 989 g/mol. The summed E-state index contributed by atoms with van der Waals surface area (Å²) < 4.78 is 14.7. The van der Waals surface area contributed by atoms with Gasteiger partial charge in [0, 0.05) is 48.5 Å². The largest absolute Gasteiger partial charge is 0.501 e. The van der Waals surface area contributed by atoms with E-state index in [4.69, 9.17) is 18.8 Å². The van der Waals surface area contributed by atoms with Gasteiger partial charge in [-0.2, -0.15) is 0 Å². The predicted octanol–water partition coefficient (Wildman–Crippen LogP) is 13.4. The van der Waals surface area contributed by atoms with Gasteiger partial charge in [-0.15, -0.1) is 36.4 Å². The Morgan fingerprint density at radius 3 is 2.18 bits per heavy atom. The van der Waals surface area contributed by atoms with Crippen molar-refractivity contribution in [2.45, 2.75) is 46.8 Å². The van der Waals surface area contributed by atoms with Gasteiger partial charge in [-0.1, -0.05) is 128 Å². The molecule has 0 fully saturated rings. The molecule has 11 aromatic rings. The molecule has 5 aromatic heterocycles. The minimum Gasteiger partial charge on any atom is -0.501 e. The van der Waals surface area contributed by atoms with Crippen LogP contribution in [0.4, 0.5) is 0 Å². The van der Waals surface area contributed by atoms with Crippen LogP contribution >= 0.6 is 0 Å². The third-order valence-electron chi connectivity index (χ3n) is 11.2. The van der Waals surface area contributed by atoms with Crippen molar-refractivity contribution in [3.8, 4) is 28.3 Å². The maximum atomic E-state index is 6.31.